The highest BCUT2D eigenvalue weighted by Gasteiger charge is 2.14. The Hall–Kier alpha value is -1.56. The van der Waals surface area contributed by atoms with Crippen molar-refractivity contribution in [3.63, 3.8) is 0 Å². The molecule has 1 rings (SSSR count). The lowest BCUT2D eigenvalue weighted by molar-refractivity contribution is -0.127. The molecule has 0 N–H and O–H groups in total. The summed E-state index contributed by atoms with van der Waals surface area (Å²) in [5.41, 5.74) is 0.554. The summed E-state index contributed by atoms with van der Waals surface area (Å²) in [6, 6.07) is 5.21. The molecular formula is C14H19BrN2O3. The van der Waals surface area contributed by atoms with Gasteiger partial charge in [0.25, 0.3) is 5.91 Å². The molecule has 0 unspecified atom stereocenters. The zero-order valence-corrected chi connectivity index (χ0v) is 13.7. The number of halogens is 1. The van der Waals surface area contributed by atoms with Gasteiger partial charge >= 0.3 is 0 Å². The van der Waals surface area contributed by atoms with Crippen LogP contribution in [0.5, 0.6) is 5.75 Å². The van der Waals surface area contributed by atoms with Gasteiger partial charge in [-0.05, 0) is 34.1 Å². The van der Waals surface area contributed by atoms with Gasteiger partial charge in [0.1, 0.15) is 5.75 Å². The average molecular weight is 343 g/mol. The number of hydrogen-bond donors (Lipinski definition) is 0. The van der Waals surface area contributed by atoms with Crippen LogP contribution in [-0.4, -0.2) is 55.9 Å². The fraction of sp³-hybridized carbons (Fsp3) is 0.429. The quantitative estimate of drug-likeness (QED) is 0.822. The molecule has 0 aromatic heterocycles. The molecule has 5 nitrogen and oxygen atoms in total. The van der Waals surface area contributed by atoms with Crippen molar-refractivity contribution in [2.24, 2.45) is 0 Å². The Bertz CT molecular complexity index is 505. The Balaban J connectivity index is 2.72. The number of amides is 2. The molecule has 0 saturated carbocycles. The molecule has 110 valence electrons. The van der Waals surface area contributed by atoms with Crippen molar-refractivity contribution in [2.45, 2.75) is 6.92 Å². The smallest absolute Gasteiger partial charge is 0.253 e. The van der Waals surface area contributed by atoms with E-state index < -0.39 is 0 Å². The van der Waals surface area contributed by atoms with Crippen LogP contribution >= 0.6 is 15.9 Å². The van der Waals surface area contributed by atoms with E-state index >= 15 is 0 Å². The van der Waals surface area contributed by atoms with Gasteiger partial charge in [0.05, 0.1) is 11.6 Å². The molecule has 0 heterocycles. The number of likely N-dealkylation sites (N-methyl/N-ethyl adjacent to an activating group) is 2. The van der Waals surface area contributed by atoms with Crippen molar-refractivity contribution in [3.05, 3.63) is 28.2 Å². The Labute approximate surface area is 127 Å². The van der Waals surface area contributed by atoms with E-state index in [0.717, 1.165) is 4.47 Å². The summed E-state index contributed by atoms with van der Waals surface area (Å²) in [6.07, 6.45) is 0. The molecule has 0 spiro atoms. The molecular weight excluding hydrogens is 324 g/mol. The second-order valence-corrected chi connectivity index (χ2v) is 5.37. The molecule has 0 aliphatic rings. The van der Waals surface area contributed by atoms with Gasteiger partial charge in [-0.15, -0.1) is 0 Å². The molecule has 0 fully saturated rings. The topological polar surface area (TPSA) is 49.9 Å². The van der Waals surface area contributed by atoms with E-state index in [9.17, 15) is 9.59 Å². The highest BCUT2D eigenvalue weighted by Crippen LogP contribution is 2.25. The molecule has 1 aromatic rings. The fourth-order valence-electron chi connectivity index (χ4n) is 1.57. The predicted octanol–water partition coefficient (Wildman–Crippen LogP) is 2.01. The third-order valence-corrected chi connectivity index (χ3v) is 3.71. The van der Waals surface area contributed by atoms with Crippen molar-refractivity contribution >= 4 is 27.7 Å². The summed E-state index contributed by atoms with van der Waals surface area (Å²) in [4.78, 5) is 26.5. The number of methoxy groups -OCH3 is 1. The Morgan fingerprint density at radius 1 is 1.20 bits per heavy atom. The van der Waals surface area contributed by atoms with Crippen molar-refractivity contribution in [3.8, 4) is 5.75 Å². The summed E-state index contributed by atoms with van der Waals surface area (Å²) < 4.78 is 5.98. The van der Waals surface area contributed by atoms with Gasteiger partial charge in [-0.25, -0.2) is 0 Å². The van der Waals surface area contributed by atoms with E-state index in [-0.39, 0.29) is 11.8 Å². The molecule has 6 heteroatoms. The Kier molecular flexibility index (Phi) is 6.01. The Morgan fingerprint density at radius 2 is 1.80 bits per heavy atom. The molecule has 2 amide bonds. The third-order valence-electron chi connectivity index (χ3n) is 3.05. The fourth-order valence-corrected chi connectivity index (χ4v) is 1.98. The first-order valence-corrected chi connectivity index (χ1v) is 6.96. The second-order valence-electron chi connectivity index (χ2n) is 4.52. The molecule has 1 aromatic carbocycles. The van der Waals surface area contributed by atoms with Crippen LogP contribution in [0.15, 0.2) is 22.7 Å². The number of nitrogens with zero attached hydrogens (tertiary/aromatic N) is 2. The van der Waals surface area contributed by atoms with Gasteiger partial charge in [-0.3, -0.25) is 9.59 Å². The standard InChI is InChI=1S/C14H19BrN2O3/c1-10(18)16(2)7-8-17(3)14(19)11-5-6-12(15)13(9-11)20-4/h5-6,9H,7-8H2,1-4H3. The lowest BCUT2D eigenvalue weighted by atomic mass is 10.2. The van der Waals surface area contributed by atoms with Gasteiger partial charge in [-0.2, -0.15) is 0 Å². The van der Waals surface area contributed by atoms with Crippen molar-refractivity contribution in [1.82, 2.24) is 9.80 Å². The maximum Gasteiger partial charge on any atom is 0.253 e. The van der Waals surface area contributed by atoms with E-state index in [1.54, 1.807) is 49.2 Å². The number of ether oxygens (including phenoxy) is 1. The first-order valence-electron chi connectivity index (χ1n) is 6.17. The van der Waals surface area contributed by atoms with Gasteiger partial charge in [0, 0.05) is 39.7 Å². The van der Waals surface area contributed by atoms with Crippen LogP contribution in [0.4, 0.5) is 0 Å². The van der Waals surface area contributed by atoms with Crippen LogP contribution in [0.3, 0.4) is 0 Å². The highest BCUT2D eigenvalue weighted by molar-refractivity contribution is 9.10. The third kappa shape index (κ3) is 4.23. The first kappa shape index (κ1) is 16.5. The van der Waals surface area contributed by atoms with Gasteiger partial charge in [-0.1, -0.05) is 0 Å². The maximum atomic E-state index is 12.3. The van der Waals surface area contributed by atoms with Crippen LogP contribution in [0.25, 0.3) is 0 Å². The van der Waals surface area contributed by atoms with E-state index in [0.29, 0.717) is 24.4 Å². The van der Waals surface area contributed by atoms with Gasteiger partial charge in [0.15, 0.2) is 0 Å². The molecule has 0 aliphatic heterocycles. The molecule has 0 radical (unpaired) electrons. The van der Waals surface area contributed by atoms with Gasteiger partial charge < -0.3 is 14.5 Å². The monoisotopic (exact) mass is 342 g/mol. The van der Waals surface area contributed by atoms with E-state index in [2.05, 4.69) is 15.9 Å². The van der Waals surface area contributed by atoms with E-state index in [1.807, 2.05) is 0 Å². The summed E-state index contributed by atoms with van der Waals surface area (Å²) in [7, 11) is 4.98. The van der Waals surface area contributed by atoms with Crippen molar-refractivity contribution in [1.29, 1.82) is 0 Å². The number of rotatable bonds is 5. The van der Waals surface area contributed by atoms with E-state index in [1.165, 1.54) is 6.92 Å². The summed E-state index contributed by atoms with van der Waals surface area (Å²) in [5.74, 6) is 0.494. The average Bonchev–Trinajstić information content (AvgIpc) is 2.43. The van der Waals surface area contributed by atoms with E-state index in [4.69, 9.17) is 4.74 Å². The minimum Gasteiger partial charge on any atom is -0.496 e. The van der Waals surface area contributed by atoms with Crippen molar-refractivity contribution < 1.29 is 14.3 Å². The molecule has 0 saturated heterocycles. The molecule has 0 atom stereocenters. The van der Waals surface area contributed by atoms with Crippen LogP contribution in [0.1, 0.15) is 17.3 Å². The molecule has 0 bridgehead atoms. The minimum atomic E-state index is -0.104. The van der Waals surface area contributed by atoms with Crippen LogP contribution in [0.2, 0.25) is 0 Å². The van der Waals surface area contributed by atoms with Crippen molar-refractivity contribution in [2.75, 3.05) is 34.3 Å². The first-order chi connectivity index (χ1) is 9.36. The van der Waals surface area contributed by atoms with Crippen LogP contribution in [0, 0.1) is 0 Å². The summed E-state index contributed by atoms with van der Waals surface area (Å²) in [5, 5.41) is 0. The normalized spacial score (nSPS) is 10.1. The summed E-state index contributed by atoms with van der Waals surface area (Å²) in [6.45, 7) is 2.49. The molecule has 20 heavy (non-hydrogen) atoms. The maximum absolute atomic E-state index is 12.3. The van der Waals surface area contributed by atoms with Gasteiger partial charge in [0.2, 0.25) is 5.91 Å². The number of carbonyl (C=O) groups excluding carboxylic acids is 2. The predicted molar refractivity (Wildman–Crippen MR) is 81.0 cm³/mol. The highest BCUT2D eigenvalue weighted by atomic mass is 79.9. The van der Waals surface area contributed by atoms with Crippen LogP contribution < -0.4 is 4.74 Å². The number of benzene rings is 1. The summed E-state index contributed by atoms with van der Waals surface area (Å²) >= 11 is 3.35. The zero-order chi connectivity index (χ0) is 15.3. The Morgan fingerprint density at radius 3 is 2.35 bits per heavy atom. The second kappa shape index (κ2) is 7.28. The van der Waals surface area contributed by atoms with Crippen LogP contribution in [-0.2, 0) is 4.79 Å². The lowest BCUT2D eigenvalue weighted by Crippen LogP contribution is -2.36. The molecule has 0 aliphatic carbocycles. The number of hydrogen-bond acceptors (Lipinski definition) is 3. The lowest BCUT2D eigenvalue weighted by Gasteiger charge is -2.21. The SMILES string of the molecule is COc1cc(C(=O)N(C)CCN(C)C(C)=O)ccc1Br. The minimum absolute atomic E-state index is 0.0174. The largest absolute Gasteiger partial charge is 0.496 e. The zero-order valence-electron chi connectivity index (χ0n) is 12.1. The number of carbonyl (C=O) groups is 2.